The number of fused-ring (bicyclic) bond motifs is 2. The molecule has 8 heteroatoms. The van der Waals surface area contributed by atoms with Gasteiger partial charge in [0.1, 0.15) is 11.4 Å². The van der Waals surface area contributed by atoms with Gasteiger partial charge in [-0.2, -0.15) is 0 Å². The Labute approximate surface area is 192 Å². The number of morpholine rings is 1. The molecule has 1 atom stereocenters. The lowest BCUT2D eigenvalue weighted by molar-refractivity contribution is 0.122. The molecule has 1 fully saturated rings. The molecule has 2 aromatic carbocycles. The van der Waals surface area contributed by atoms with Crippen molar-refractivity contribution >= 4 is 33.3 Å². The number of anilines is 2. The van der Waals surface area contributed by atoms with Crippen molar-refractivity contribution in [1.82, 2.24) is 15.0 Å². The van der Waals surface area contributed by atoms with Crippen molar-refractivity contribution in [2.75, 3.05) is 43.1 Å². The molecular weight excluding hydrogens is 416 g/mol. The molecule has 172 valence electrons. The largest absolute Gasteiger partial charge is 0.382 e. The molecule has 5 rings (SSSR count). The highest BCUT2D eigenvalue weighted by atomic mass is 16.5. The zero-order chi connectivity index (χ0) is 22.9. The van der Waals surface area contributed by atoms with E-state index in [1.165, 1.54) is 0 Å². The molecule has 33 heavy (non-hydrogen) atoms. The highest BCUT2D eigenvalue weighted by molar-refractivity contribution is 5.99. The fourth-order valence-electron chi connectivity index (χ4n) is 4.24. The number of rotatable bonds is 6. The zero-order valence-electron chi connectivity index (χ0n) is 19.0. The Morgan fingerprint density at radius 2 is 1.91 bits per heavy atom. The van der Waals surface area contributed by atoms with E-state index >= 15 is 0 Å². The minimum atomic E-state index is -0.193. The van der Waals surface area contributed by atoms with Crippen LogP contribution in [0.1, 0.15) is 13.8 Å². The van der Waals surface area contributed by atoms with Crippen LogP contribution in [-0.4, -0.2) is 53.8 Å². The molecule has 3 heterocycles. The third-order valence-electron chi connectivity index (χ3n) is 6.37. The van der Waals surface area contributed by atoms with E-state index < -0.39 is 0 Å². The Kier molecular flexibility index (Phi) is 5.78. The van der Waals surface area contributed by atoms with Gasteiger partial charge in [-0.25, -0.2) is 4.98 Å². The summed E-state index contributed by atoms with van der Waals surface area (Å²) in [5, 5.41) is 4.39. The maximum Gasteiger partial charge on any atom is 0.261 e. The third kappa shape index (κ3) is 4.19. The normalized spacial score (nSPS) is 15.5. The summed E-state index contributed by atoms with van der Waals surface area (Å²) >= 11 is 0. The minimum absolute atomic E-state index is 0.0392. The average Bonchev–Trinajstić information content (AvgIpc) is 3.25. The molecule has 8 nitrogen and oxygen atoms in total. The van der Waals surface area contributed by atoms with Crippen LogP contribution in [0.4, 0.5) is 11.4 Å². The van der Waals surface area contributed by atoms with E-state index in [0.717, 1.165) is 59.6 Å². The third-order valence-corrected chi connectivity index (χ3v) is 6.37. The van der Waals surface area contributed by atoms with Crippen molar-refractivity contribution in [3.8, 4) is 11.4 Å². The maximum absolute atomic E-state index is 13.2. The Morgan fingerprint density at radius 3 is 2.70 bits per heavy atom. The SMILES string of the molecule is CC(C)[C@H](N)CNc1c(-c2nc3cc(N4CCOCC4)ccc3[nH]2)c(=O)[nH]c2ccccc12. The number of imidazole rings is 1. The van der Waals surface area contributed by atoms with Gasteiger partial charge >= 0.3 is 0 Å². The monoisotopic (exact) mass is 446 g/mol. The summed E-state index contributed by atoms with van der Waals surface area (Å²) in [6.07, 6.45) is 0. The van der Waals surface area contributed by atoms with Crippen LogP contribution in [0, 0.1) is 5.92 Å². The van der Waals surface area contributed by atoms with Gasteiger partial charge in [-0.15, -0.1) is 0 Å². The van der Waals surface area contributed by atoms with Crippen LogP contribution in [0.25, 0.3) is 33.3 Å². The molecule has 4 aromatic rings. The van der Waals surface area contributed by atoms with Crippen molar-refractivity contribution in [2.24, 2.45) is 11.7 Å². The number of hydrogen-bond acceptors (Lipinski definition) is 6. The Bertz CT molecular complexity index is 1340. The summed E-state index contributed by atoms with van der Waals surface area (Å²) in [4.78, 5) is 26.7. The fourth-order valence-corrected chi connectivity index (χ4v) is 4.24. The van der Waals surface area contributed by atoms with Gasteiger partial charge in [-0.1, -0.05) is 32.0 Å². The summed E-state index contributed by atoms with van der Waals surface area (Å²) in [5.74, 6) is 0.857. The highest BCUT2D eigenvalue weighted by Crippen LogP contribution is 2.31. The number of aromatic nitrogens is 3. The predicted molar refractivity (Wildman–Crippen MR) is 134 cm³/mol. The summed E-state index contributed by atoms with van der Waals surface area (Å²) in [6.45, 7) is 7.91. The van der Waals surface area contributed by atoms with Gasteiger partial charge in [0, 0.05) is 36.7 Å². The van der Waals surface area contributed by atoms with Crippen molar-refractivity contribution in [2.45, 2.75) is 19.9 Å². The van der Waals surface area contributed by atoms with E-state index in [2.05, 4.69) is 46.2 Å². The van der Waals surface area contributed by atoms with Gasteiger partial charge in [-0.3, -0.25) is 4.79 Å². The summed E-state index contributed by atoms with van der Waals surface area (Å²) in [6, 6.07) is 13.9. The van der Waals surface area contributed by atoms with Crippen molar-refractivity contribution in [3.63, 3.8) is 0 Å². The van der Waals surface area contributed by atoms with Crippen LogP contribution in [0.2, 0.25) is 0 Å². The number of para-hydroxylation sites is 1. The van der Waals surface area contributed by atoms with Crippen LogP contribution in [0.15, 0.2) is 47.3 Å². The van der Waals surface area contributed by atoms with Crippen LogP contribution < -0.4 is 21.5 Å². The van der Waals surface area contributed by atoms with Gasteiger partial charge in [0.15, 0.2) is 0 Å². The lowest BCUT2D eigenvalue weighted by Gasteiger charge is -2.28. The molecule has 5 N–H and O–H groups in total. The first-order valence-electron chi connectivity index (χ1n) is 11.5. The summed E-state index contributed by atoms with van der Waals surface area (Å²) < 4.78 is 5.47. The minimum Gasteiger partial charge on any atom is -0.382 e. The molecule has 0 bridgehead atoms. The number of nitrogens with zero attached hydrogens (tertiary/aromatic N) is 2. The molecule has 1 saturated heterocycles. The van der Waals surface area contributed by atoms with E-state index in [-0.39, 0.29) is 11.6 Å². The topological polar surface area (TPSA) is 112 Å². The first-order chi connectivity index (χ1) is 16.0. The van der Waals surface area contributed by atoms with Crippen molar-refractivity contribution in [1.29, 1.82) is 0 Å². The summed E-state index contributed by atoms with van der Waals surface area (Å²) in [5.41, 5.74) is 10.9. The average molecular weight is 447 g/mol. The number of benzene rings is 2. The second-order valence-corrected chi connectivity index (χ2v) is 8.92. The molecule has 0 aliphatic carbocycles. The zero-order valence-corrected chi connectivity index (χ0v) is 19.0. The van der Waals surface area contributed by atoms with E-state index in [1.807, 2.05) is 30.3 Å². The smallest absolute Gasteiger partial charge is 0.261 e. The first-order valence-corrected chi connectivity index (χ1v) is 11.5. The van der Waals surface area contributed by atoms with Crippen LogP contribution in [-0.2, 0) is 4.74 Å². The van der Waals surface area contributed by atoms with Gasteiger partial charge in [0.25, 0.3) is 5.56 Å². The summed E-state index contributed by atoms with van der Waals surface area (Å²) in [7, 11) is 0. The maximum atomic E-state index is 13.2. The molecule has 0 saturated carbocycles. The highest BCUT2D eigenvalue weighted by Gasteiger charge is 2.20. The first kappa shape index (κ1) is 21.5. The number of hydrogen-bond donors (Lipinski definition) is 4. The Hall–Kier alpha value is -3.36. The van der Waals surface area contributed by atoms with Crippen molar-refractivity contribution in [3.05, 3.63) is 52.8 Å². The lowest BCUT2D eigenvalue weighted by atomic mass is 10.0. The number of ether oxygens (including phenoxy) is 1. The molecule has 0 radical (unpaired) electrons. The quantitative estimate of drug-likeness (QED) is 0.362. The molecule has 2 aromatic heterocycles. The Balaban J connectivity index is 1.60. The fraction of sp³-hybridized carbons (Fsp3) is 0.360. The van der Waals surface area contributed by atoms with Crippen LogP contribution in [0.3, 0.4) is 0 Å². The van der Waals surface area contributed by atoms with E-state index in [1.54, 1.807) is 0 Å². The van der Waals surface area contributed by atoms with Gasteiger partial charge in [-0.05, 0) is 30.2 Å². The molecule has 0 unspecified atom stereocenters. The van der Waals surface area contributed by atoms with E-state index in [4.69, 9.17) is 15.5 Å². The van der Waals surface area contributed by atoms with Gasteiger partial charge < -0.3 is 30.7 Å². The number of nitrogens with one attached hydrogen (secondary N) is 3. The number of aromatic amines is 2. The number of nitrogens with two attached hydrogens (primary N) is 1. The molecule has 0 spiro atoms. The van der Waals surface area contributed by atoms with Gasteiger partial charge in [0.05, 0.1) is 35.5 Å². The van der Waals surface area contributed by atoms with E-state index in [9.17, 15) is 4.79 Å². The second-order valence-electron chi connectivity index (χ2n) is 8.92. The molecular formula is C25H30N6O2. The van der Waals surface area contributed by atoms with Gasteiger partial charge in [0.2, 0.25) is 0 Å². The molecule has 1 aliphatic rings. The van der Waals surface area contributed by atoms with Crippen molar-refractivity contribution < 1.29 is 4.74 Å². The van der Waals surface area contributed by atoms with Crippen LogP contribution >= 0.6 is 0 Å². The van der Waals surface area contributed by atoms with Crippen LogP contribution in [0.5, 0.6) is 0 Å². The lowest BCUT2D eigenvalue weighted by Crippen LogP contribution is -2.36. The Morgan fingerprint density at radius 1 is 1.12 bits per heavy atom. The molecule has 0 amide bonds. The predicted octanol–water partition coefficient (Wildman–Crippen LogP) is 3.30. The standard InChI is InChI=1S/C25H30N6O2/c1-15(2)18(26)14-27-23-17-5-3-4-6-19(17)30-25(32)22(23)24-28-20-8-7-16(13-21(20)29-24)31-9-11-33-12-10-31/h3-8,13,15,18H,9-12,14,26H2,1-2H3,(H,28,29)(H2,27,30,32)/t18-/m1/s1. The van der Waals surface area contributed by atoms with E-state index in [0.29, 0.717) is 23.9 Å². The second kappa shape index (κ2) is 8.88. The number of pyridine rings is 1. The molecule has 1 aliphatic heterocycles. The number of H-pyrrole nitrogens is 2.